The lowest BCUT2D eigenvalue weighted by Crippen LogP contribution is -2.52. The summed E-state index contributed by atoms with van der Waals surface area (Å²) in [4.78, 5) is 26.2. The van der Waals surface area contributed by atoms with E-state index in [1.807, 2.05) is 0 Å². The molecule has 3 fully saturated rings. The van der Waals surface area contributed by atoms with Crippen molar-refractivity contribution in [2.24, 2.45) is 16.7 Å². The second-order valence-electron chi connectivity index (χ2n) is 9.64. The van der Waals surface area contributed by atoms with E-state index in [-0.39, 0.29) is 34.3 Å². The van der Waals surface area contributed by atoms with Gasteiger partial charge in [0.1, 0.15) is 6.54 Å². The van der Waals surface area contributed by atoms with Gasteiger partial charge in [0.15, 0.2) is 5.69 Å². The van der Waals surface area contributed by atoms with Crippen LogP contribution in [-0.4, -0.2) is 64.4 Å². The number of aromatic nitrogens is 2. The van der Waals surface area contributed by atoms with E-state index in [1.54, 1.807) is 0 Å². The molecule has 1 aromatic heterocycles. The van der Waals surface area contributed by atoms with Gasteiger partial charge in [0.25, 0.3) is 5.91 Å². The number of carbonyl (C=O) groups excluding carboxylic acids is 1. The summed E-state index contributed by atoms with van der Waals surface area (Å²) in [5, 5.41) is 19.0. The number of amides is 1. The molecule has 2 saturated carbocycles. The maximum Gasteiger partial charge on any atom is 0.345 e. The van der Waals surface area contributed by atoms with E-state index >= 15 is 0 Å². The Morgan fingerprint density at radius 1 is 1.34 bits per heavy atom. The number of nitrogens with zero attached hydrogens (tertiary/aromatic N) is 4. The van der Waals surface area contributed by atoms with Gasteiger partial charge in [-0.15, -0.1) is 4.68 Å². The number of nitro groups is 1. The monoisotopic (exact) mass is 405 g/mol. The van der Waals surface area contributed by atoms with Crippen LogP contribution in [0.1, 0.15) is 50.5 Å². The molecule has 1 amide bonds. The van der Waals surface area contributed by atoms with E-state index in [2.05, 4.69) is 36.1 Å². The van der Waals surface area contributed by atoms with Crippen molar-refractivity contribution in [3.8, 4) is 0 Å². The predicted octanol–water partition coefficient (Wildman–Crippen LogP) is 2.07. The Morgan fingerprint density at radius 3 is 2.69 bits per heavy atom. The van der Waals surface area contributed by atoms with Crippen LogP contribution in [0.5, 0.6) is 0 Å². The summed E-state index contributed by atoms with van der Waals surface area (Å²) < 4.78 is 6.68. The van der Waals surface area contributed by atoms with E-state index in [4.69, 9.17) is 4.74 Å². The molecule has 3 aliphatic rings. The van der Waals surface area contributed by atoms with Gasteiger partial charge in [0, 0.05) is 25.7 Å². The molecule has 0 aromatic carbocycles. The highest BCUT2D eigenvalue weighted by Gasteiger charge is 2.59. The second-order valence-corrected chi connectivity index (χ2v) is 9.64. The van der Waals surface area contributed by atoms with Crippen LogP contribution in [0, 0.1) is 26.9 Å². The lowest BCUT2D eigenvalue weighted by Gasteiger charge is -2.42. The SMILES string of the molecule is CC12CCC(C1)C(C)(C)C2NC(=O)c1cc([N+](=O)[O-])n(CCN2CCOCC2)n1. The van der Waals surface area contributed by atoms with Crippen LogP contribution in [0.4, 0.5) is 5.82 Å². The second kappa shape index (κ2) is 7.36. The number of rotatable bonds is 6. The van der Waals surface area contributed by atoms with E-state index < -0.39 is 4.92 Å². The van der Waals surface area contributed by atoms with Crippen molar-refractivity contribution < 1.29 is 14.5 Å². The molecule has 2 aliphatic carbocycles. The van der Waals surface area contributed by atoms with Gasteiger partial charge >= 0.3 is 5.82 Å². The number of nitrogens with one attached hydrogen (secondary N) is 1. The predicted molar refractivity (Wildman–Crippen MR) is 107 cm³/mol. The van der Waals surface area contributed by atoms with Gasteiger partial charge in [0.2, 0.25) is 0 Å². The fraction of sp³-hybridized carbons (Fsp3) is 0.800. The molecule has 2 bridgehead atoms. The van der Waals surface area contributed by atoms with E-state index in [0.717, 1.165) is 25.9 Å². The number of morpholine rings is 1. The van der Waals surface area contributed by atoms with Crippen molar-refractivity contribution >= 4 is 11.7 Å². The molecule has 1 aromatic rings. The number of hydrogen-bond acceptors (Lipinski definition) is 6. The molecule has 3 unspecified atom stereocenters. The van der Waals surface area contributed by atoms with Crippen LogP contribution in [0.15, 0.2) is 6.07 Å². The summed E-state index contributed by atoms with van der Waals surface area (Å²) in [5.41, 5.74) is 0.239. The quantitative estimate of drug-likeness (QED) is 0.574. The highest BCUT2D eigenvalue weighted by molar-refractivity contribution is 5.93. The number of fused-ring (bicyclic) bond motifs is 2. The molecule has 9 heteroatoms. The van der Waals surface area contributed by atoms with E-state index in [0.29, 0.717) is 32.2 Å². The first-order valence-corrected chi connectivity index (χ1v) is 10.5. The van der Waals surface area contributed by atoms with Gasteiger partial charge in [0.05, 0.1) is 19.3 Å². The third-order valence-corrected chi connectivity index (χ3v) is 7.46. The van der Waals surface area contributed by atoms with Crippen LogP contribution in [0.3, 0.4) is 0 Å². The third-order valence-electron chi connectivity index (χ3n) is 7.46. The van der Waals surface area contributed by atoms with Gasteiger partial charge in [-0.2, -0.15) is 0 Å². The third kappa shape index (κ3) is 3.66. The molecule has 1 N–H and O–H groups in total. The van der Waals surface area contributed by atoms with Crippen LogP contribution < -0.4 is 5.32 Å². The lowest BCUT2D eigenvalue weighted by molar-refractivity contribution is -0.392. The minimum Gasteiger partial charge on any atom is -0.379 e. The summed E-state index contributed by atoms with van der Waals surface area (Å²) in [5.74, 6) is 0.158. The molecule has 1 aliphatic heterocycles. The Kier molecular flexibility index (Phi) is 5.14. The van der Waals surface area contributed by atoms with Gasteiger partial charge in [-0.1, -0.05) is 25.9 Å². The number of hydrogen-bond donors (Lipinski definition) is 1. The zero-order valence-corrected chi connectivity index (χ0v) is 17.5. The summed E-state index contributed by atoms with van der Waals surface area (Å²) >= 11 is 0. The molecule has 4 rings (SSSR count). The molecule has 160 valence electrons. The van der Waals surface area contributed by atoms with Gasteiger partial charge < -0.3 is 20.2 Å². The van der Waals surface area contributed by atoms with Crippen molar-refractivity contribution in [1.29, 1.82) is 0 Å². The molecule has 2 heterocycles. The summed E-state index contributed by atoms with van der Waals surface area (Å²) in [6.45, 7) is 10.7. The van der Waals surface area contributed by atoms with Crippen molar-refractivity contribution in [2.75, 3.05) is 32.8 Å². The Hall–Kier alpha value is -2.00. The fourth-order valence-corrected chi connectivity index (χ4v) is 5.76. The molecular formula is C20H31N5O4. The lowest BCUT2D eigenvalue weighted by atomic mass is 9.68. The smallest absolute Gasteiger partial charge is 0.345 e. The van der Waals surface area contributed by atoms with E-state index in [9.17, 15) is 14.9 Å². The average Bonchev–Trinajstić information content (AvgIpc) is 3.33. The van der Waals surface area contributed by atoms with Crippen molar-refractivity contribution in [3.63, 3.8) is 0 Å². The average molecular weight is 405 g/mol. The van der Waals surface area contributed by atoms with Crippen LogP contribution >= 0.6 is 0 Å². The Balaban J connectivity index is 1.48. The molecule has 0 spiro atoms. The van der Waals surface area contributed by atoms with Crippen LogP contribution in [0.2, 0.25) is 0 Å². The van der Waals surface area contributed by atoms with Gasteiger partial charge in [-0.3, -0.25) is 9.69 Å². The van der Waals surface area contributed by atoms with Gasteiger partial charge in [-0.25, -0.2) is 0 Å². The molecule has 29 heavy (non-hydrogen) atoms. The van der Waals surface area contributed by atoms with Crippen molar-refractivity contribution in [1.82, 2.24) is 20.0 Å². The fourth-order valence-electron chi connectivity index (χ4n) is 5.76. The maximum absolute atomic E-state index is 13.0. The molecular weight excluding hydrogens is 374 g/mol. The van der Waals surface area contributed by atoms with Crippen LogP contribution in [-0.2, 0) is 11.3 Å². The first-order valence-electron chi connectivity index (χ1n) is 10.5. The minimum atomic E-state index is -0.466. The van der Waals surface area contributed by atoms with E-state index in [1.165, 1.54) is 17.2 Å². The normalized spacial score (nSPS) is 31.1. The molecule has 9 nitrogen and oxygen atoms in total. The minimum absolute atomic E-state index is 0.0213. The van der Waals surface area contributed by atoms with Crippen molar-refractivity contribution in [2.45, 2.75) is 52.6 Å². The maximum atomic E-state index is 13.0. The molecule has 0 radical (unpaired) electrons. The van der Waals surface area contributed by atoms with Crippen molar-refractivity contribution in [3.05, 3.63) is 21.9 Å². The highest BCUT2D eigenvalue weighted by atomic mass is 16.6. The molecule has 1 saturated heterocycles. The Bertz CT molecular complexity index is 796. The zero-order chi connectivity index (χ0) is 20.8. The first kappa shape index (κ1) is 20.3. The van der Waals surface area contributed by atoms with Gasteiger partial charge in [-0.05, 0) is 40.9 Å². The highest BCUT2D eigenvalue weighted by Crippen LogP contribution is 2.62. The molecule has 3 atom stereocenters. The topological polar surface area (TPSA) is 103 Å². The number of carbonyl (C=O) groups is 1. The largest absolute Gasteiger partial charge is 0.379 e. The summed E-state index contributed by atoms with van der Waals surface area (Å²) in [6, 6.07) is 1.36. The zero-order valence-electron chi connectivity index (χ0n) is 17.5. The Labute approximate surface area is 170 Å². The number of ether oxygens (including phenoxy) is 1. The summed E-state index contributed by atoms with van der Waals surface area (Å²) in [6.07, 6.45) is 3.44. The standard InChI is InChI=1S/C20H31N5O4/c1-19(2)14-4-5-20(3,13-14)18(19)21-17(26)15-12-16(25(27)28)24(22-15)7-6-23-8-10-29-11-9-23/h12,14,18H,4-11,13H2,1-3H3,(H,21,26). The van der Waals surface area contributed by atoms with Crippen LogP contribution in [0.25, 0.3) is 0 Å². The Morgan fingerprint density at radius 2 is 2.07 bits per heavy atom. The first-order chi connectivity index (χ1) is 13.7. The summed E-state index contributed by atoms with van der Waals surface area (Å²) in [7, 11) is 0.